The number of pyridine rings is 1. The van der Waals surface area contributed by atoms with Gasteiger partial charge >= 0.3 is 5.97 Å². The van der Waals surface area contributed by atoms with Crippen LogP contribution in [-0.4, -0.2) is 53.7 Å². The number of ether oxygens (including phenoxy) is 1. The minimum atomic E-state index is -0.399. The molecular weight excluding hydrogens is 390 g/mol. The van der Waals surface area contributed by atoms with E-state index in [9.17, 15) is 4.79 Å². The number of piperazine rings is 1. The van der Waals surface area contributed by atoms with Gasteiger partial charge in [0.1, 0.15) is 11.9 Å². The molecule has 148 valence electrons. The molecule has 1 N–H and O–H groups in total. The van der Waals surface area contributed by atoms with Crippen molar-refractivity contribution in [3.63, 3.8) is 0 Å². The second kappa shape index (κ2) is 8.55. The molecule has 1 aliphatic heterocycles. The fraction of sp³-hybridized carbons (Fsp3) is 0.238. The summed E-state index contributed by atoms with van der Waals surface area (Å²) >= 11 is 6.04. The molecule has 3 aromatic rings. The predicted octanol–water partition coefficient (Wildman–Crippen LogP) is 2.81. The van der Waals surface area contributed by atoms with E-state index in [1.54, 1.807) is 12.4 Å². The lowest BCUT2D eigenvalue weighted by molar-refractivity contribution is -0.143. The highest BCUT2D eigenvalue weighted by atomic mass is 35.5. The molecule has 0 bridgehead atoms. The van der Waals surface area contributed by atoms with E-state index in [2.05, 4.69) is 15.2 Å². The summed E-state index contributed by atoms with van der Waals surface area (Å²) in [5.41, 5.74) is 2.53. The summed E-state index contributed by atoms with van der Waals surface area (Å²) in [5.74, 6) is 1.04. The van der Waals surface area contributed by atoms with Crippen LogP contribution in [0.4, 0.5) is 5.82 Å². The Hall–Kier alpha value is -3.03. The van der Waals surface area contributed by atoms with Gasteiger partial charge in [0.15, 0.2) is 5.82 Å². The second-order valence-electron chi connectivity index (χ2n) is 6.66. The van der Waals surface area contributed by atoms with Crippen molar-refractivity contribution in [1.82, 2.24) is 20.3 Å². The highest BCUT2D eigenvalue weighted by Crippen LogP contribution is 2.27. The van der Waals surface area contributed by atoms with Gasteiger partial charge < -0.3 is 15.0 Å². The van der Waals surface area contributed by atoms with Crippen molar-refractivity contribution in [3.05, 3.63) is 59.9 Å². The number of benzene rings is 1. The maximum absolute atomic E-state index is 12.0. The standard InChI is InChI=1S/C21H20ClN5O2/c1-29-21(28)18-13-27(10-9-24-18)19-11-17(14-4-6-16(22)7-5-14)25-20(26-19)15-3-2-8-23-12-15/h2-8,11-12,18,24H,9-10,13H2,1H3. The van der Waals surface area contributed by atoms with Gasteiger partial charge in [-0.1, -0.05) is 23.7 Å². The van der Waals surface area contributed by atoms with Gasteiger partial charge in [-0.25, -0.2) is 9.97 Å². The van der Waals surface area contributed by atoms with E-state index in [-0.39, 0.29) is 5.97 Å². The molecule has 29 heavy (non-hydrogen) atoms. The molecule has 1 aromatic carbocycles. The lowest BCUT2D eigenvalue weighted by Crippen LogP contribution is -2.54. The van der Waals surface area contributed by atoms with Gasteiger partial charge in [-0.05, 0) is 24.3 Å². The zero-order valence-corrected chi connectivity index (χ0v) is 16.6. The molecule has 1 unspecified atom stereocenters. The minimum absolute atomic E-state index is 0.283. The first kappa shape index (κ1) is 19.3. The van der Waals surface area contributed by atoms with Gasteiger partial charge in [0.25, 0.3) is 0 Å². The highest BCUT2D eigenvalue weighted by molar-refractivity contribution is 6.30. The molecule has 3 heterocycles. The molecule has 2 aromatic heterocycles. The molecule has 8 heteroatoms. The zero-order valence-electron chi connectivity index (χ0n) is 15.9. The van der Waals surface area contributed by atoms with E-state index in [4.69, 9.17) is 26.3 Å². The Labute approximate surface area is 173 Å². The first-order valence-corrected chi connectivity index (χ1v) is 9.63. The summed E-state index contributed by atoms with van der Waals surface area (Å²) in [6.45, 7) is 1.84. The maximum atomic E-state index is 12.0. The van der Waals surface area contributed by atoms with Crippen molar-refractivity contribution in [2.75, 3.05) is 31.6 Å². The van der Waals surface area contributed by atoms with Crippen molar-refractivity contribution in [1.29, 1.82) is 0 Å². The van der Waals surface area contributed by atoms with Gasteiger partial charge in [-0.2, -0.15) is 0 Å². The number of esters is 1. The number of nitrogens with one attached hydrogen (secondary N) is 1. The van der Waals surface area contributed by atoms with Crippen LogP contribution in [0.15, 0.2) is 54.9 Å². The molecule has 1 fully saturated rings. The Morgan fingerprint density at radius 1 is 1.21 bits per heavy atom. The molecule has 0 spiro atoms. The summed E-state index contributed by atoms with van der Waals surface area (Å²) in [4.78, 5) is 27.7. The van der Waals surface area contributed by atoms with Crippen LogP contribution in [0.5, 0.6) is 0 Å². The number of hydrogen-bond donors (Lipinski definition) is 1. The molecule has 0 amide bonds. The average Bonchev–Trinajstić information content (AvgIpc) is 2.79. The van der Waals surface area contributed by atoms with Crippen LogP contribution in [0.25, 0.3) is 22.6 Å². The fourth-order valence-electron chi connectivity index (χ4n) is 3.25. The van der Waals surface area contributed by atoms with Gasteiger partial charge in [-0.15, -0.1) is 0 Å². The van der Waals surface area contributed by atoms with Gasteiger partial charge in [0.2, 0.25) is 0 Å². The summed E-state index contributed by atoms with van der Waals surface area (Å²) in [5, 5.41) is 3.85. The Bertz CT molecular complexity index is 998. The van der Waals surface area contributed by atoms with Crippen molar-refractivity contribution >= 4 is 23.4 Å². The lowest BCUT2D eigenvalue weighted by atomic mass is 10.1. The Kier molecular flexibility index (Phi) is 5.69. The fourth-order valence-corrected chi connectivity index (χ4v) is 3.37. The predicted molar refractivity (Wildman–Crippen MR) is 112 cm³/mol. The molecule has 0 aliphatic carbocycles. The third-order valence-corrected chi connectivity index (χ3v) is 5.01. The molecule has 0 saturated carbocycles. The maximum Gasteiger partial charge on any atom is 0.324 e. The first-order valence-electron chi connectivity index (χ1n) is 9.25. The Balaban J connectivity index is 1.75. The summed E-state index contributed by atoms with van der Waals surface area (Å²) < 4.78 is 4.89. The van der Waals surface area contributed by atoms with Gasteiger partial charge in [-0.3, -0.25) is 9.78 Å². The SMILES string of the molecule is COC(=O)C1CN(c2cc(-c3ccc(Cl)cc3)nc(-c3cccnc3)n2)CCN1. The summed E-state index contributed by atoms with van der Waals surface area (Å²) in [6.07, 6.45) is 3.45. The van der Waals surface area contributed by atoms with Crippen LogP contribution >= 0.6 is 11.6 Å². The van der Waals surface area contributed by atoms with Gasteiger partial charge in [0, 0.05) is 54.2 Å². The first-order chi connectivity index (χ1) is 14.1. The lowest BCUT2D eigenvalue weighted by Gasteiger charge is -2.33. The number of anilines is 1. The smallest absolute Gasteiger partial charge is 0.324 e. The van der Waals surface area contributed by atoms with Crippen molar-refractivity contribution in [2.45, 2.75) is 6.04 Å². The second-order valence-corrected chi connectivity index (χ2v) is 7.10. The summed E-state index contributed by atoms with van der Waals surface area (Å²) in [6, 6.07) is 12.8. The van der Waals surface area contributed by atoms with Gasteiger partial charge in [0.05, 0.1) is 12.8 Å². The van der Waals surface area contributed by atoms with E-state index < -0.39 is 6.04 Å². The van der Waals surface area contributed by atoms with Crippen molar-refractivity contribution in [3.8, 4) is 22.6 Å². The van der Waals surface area contributed by atoms with Crippen LogP contribution in [0.3, 0.4) is 0 Å². The number of carbonyl (C=O) groups excluding carboxylic acids is 1. The molecule has 4 rings (SSSR count). The Morgan fingerprint density at radius 3 is 2.76 bits per heavy atom. The number of nitrogens with zero attached hydrogens (tertiary/aromatic N) is 4. The summed E-state index contributed by atoms with van der Waals surface area (Å²) in [7, 11) is 1.40. The largest absolute Gasteiger partial charge is 0.468 e. The minimum Gasteiger partial charge on any atom is -0.468 e. The number of halogens is 1. The van der Waals surface area contributed by atoms with E-state index in [1.165, 1.54) is 7.11 Å². The van der Waals surface area contributed by atoms with Crippen molar-refractivity contribution < 1.29 is 9.53 Å². The van der Waals surface area contributed by atoms with E-state index >= 15 is 0 Å². The number of hydrogen-bond acceptors (Lipinski definition) is 7. The number of methoxy groups -OCH3 is 1. The monoisotopic (exact) mass is 409 g/mol. The third kappa shape index (κ3) is 4.36. The highest BCUT2D eigenvalue weighted by Gasteiger charge is 2.27. The van der Waals surface area contributed by atoms with Crippen LogP contribution in [-0.2, 0) is 9.53 Å². The van der Waals surface area contributed by atoms with E-state index in [0.717, 1.165) is 29.2 Å². The molecule has 7 nitrogen and oxygen atoms in total. The number of aromatic nitrogens is 3. The molecule has 0 radical (unpaired) electrons. The quantitative estimate of drug-likeness (QED) is 0.663. The van der Waals surface area contributed by atoms with Crippen LogP contribution in [0, 0.1) is 0 Å². The van der Waals surface area contributed by atoms with Crippen LogP contribution < -0.4 is 10.2 Å². The number of carbonyl (C=O) groups is 1. The van der Waals surface area contributed by atoms with E-state index in [1.807, 2.05) is 42.5 Å². The average molecular weight is 410 g/mol. The normalized spacial score (nSPS) is 16.5. The van der Waals surface area contributed by atoms with E-state index in [0.29, 0.717) is 23.9 Å². The molecule has 1 atom stereocenters. The third-order valence-electron chi connectivity index (χ3n) is 4.76. The molecular formula is C21H20ClN5O2. The Morgan fingerprint density at radius 2 is 2.03 bits per heavy atom. The molecule has 1 aliphatic rings. The van der Waals surface area contributed by atoms with Crippen LogP contribution in [0.2, 0.25) is 5.02 Å². The number of rotatable bonds is 4. The molecule has 1 saturated heterocycles. The zero-order chi connectivity index (χ0) is 20.2. The van der Waals surface area contributed by atoms with Crippen LogP contribution in [0.1, 0.15) is 0 Å². The van der Waals surface area contributed by atoms with Crippen molar-refractivity contribution in [2.24, 2.45) is 0 Å². The topological polar surface area (TPSA) is 80.2 Å².